The molecular weight excluding hydrogens is 300 g/mol. The van der Waals surface area contributed by atoms with Crippen molar-refractivity contribution in [3.8, 4) is 5.75 Å². The van der Waals surface area contributed by atoms with Gasteiger partial charge in [-0.3, -0.25) is 4.79 Å². The molecule has 0 bridgehead atoms. The maximum atomic E-state index is 10.4. The number of rotatable bonds is 14. The molecule has 0 aromatic heterocycles. The summed E-state index contributed by atoms with van der Waals surface area (Å²) in [7, 11) is 0. The zero-order valence-corrected chi connectivity index (χ0v) is 15.0. The van der Waals surface area contributed by atoms with E-state index in [4.69, 9.17) is 9.84 Å². The molecule has 24 heavy (non-hydrogen) atoms. The van der Waals surface area contributed by atoms with E-state index in [2.05, 4.69) is 19.1 Å². The minimum absolute atomic E-state index is 0.152. The lowest BCUT2D eigenvalue weighted by Crippen LogP contribution is -2.01. The van der Waals surface area contributed by atoms with Gasteiger partial charge in [0.25, 0.3) is 0 Å². The van der Waals surface area contributed by atoms with Crippen molar-refractivity contribution in [2.24, 2.45) is 0 Å². The summed E-state index contributed by atoms with van der Waals surface area (Å²) < 4.78 is 5.52. The topological polar surface area (TPSA) is 46.5 Å². The van der Waals surface area contributed by atoms with Gasteiger partial charge in [0.2, 0.25) is 0 Å². The van der Waals surface area contributed by atoms with Gasteiger partial charge in [-0.2, -0.15) is 0 Å². The molecular formula is C21H32O3. The second kappa shape index (κ2) is 13.6. The van der Waals surface area contributed by atoms with Gasteiger partial charge in [-0.25, -0.2) is 0 Å². The third kappa shape index (κ3) is 10.9. The van der Waals surface area contributed by atoms with Crippen molar-refractivity contribution in [1.82, 2.24) is 0 Å². The molecule has 3 heteroatoms. The summed E-state index contributed by atoms with van der Waals surface area (Å²) in [6.07, 6.45) is 15.7. The van der Waals surface area contributed by atoms with Gasteiger partial charge < -0.3 is 9.84 Å². The number of ether oxygens (including phenoxy) is 1. The number of benzene rings is 1. The molecule has 0 amide bonds. The first kappa shape index (κ1) is 20.3. The molecule has 0 radical (unpaired) electrons. The summed E-state index contributed by atoms with van der Waals surface area (Å²) in [6, 6.07) is 7.95. The van der Waals surface area contributed by atoms with Crippen molar-refractivity contribution in [2.45, 2.75) is 71.1 Å². The SMILES string of the molecule is CCCCCCCCCC=Cc1ccc(OCCCC(=O)O)cc1. The Morgan fingerprint density at radius 1 is 1.00 bits per heavy atom. The van der Waals surface area contributed by atoms with Crippen LogP contribution in [0.2, 0.25) is 0 Å². The zero-order valence-electron chi connectivity index (χ0n) is 15.0. The highest BCUT2D eigenvalue weighted by Crippen LogP contribution is 2.14. The quantitative estimate of drug-likeness (QED) is 0.420. The maximum Gasteiger partial charge on any atom is 0.303 e. The predicted octanol–water partition coefficient (Wildman–Crippen LogP) is 6.08. The van der Waals surface area contributed by atoms with E-state index in [1.165, 1.54) is 50.5 Å². The van der Waals surface area contributed by atoms with E-state index in [1.54, 1.807) is 0 Å². The van der Waals surface area contributed by atoms with E-state index >= 15 is 0 Å². The standard InChI is InChI=1S/C21H32O3/c1-2-3-4-5-6-7-8-9-10-12-19-14-16-20(17-15-19)24-18-11-13-21(22)23/h10,12,14-17H,2-9,11,13,18H2,1H3,(H,22,23). The number of carboxylic acid groups (broad SMARTS) is 1. The Kier molecular flexibility index (Phi) is 11.5. The Labute approximate surface area is 146 Å². The van der Waals surface area contributed by atoms with Crippen molar-refractivity contribution in [3.63, 3.8) is 0 Å². The van der Waals surface area contributed by atoms with E-state index < -0.39 is 5.97 Å². The summed E-state index contributed by atoms with van der Waals surface area (Å²) in [5.41, 5.74) is 1.18. The molecule has 1 rings (SSSR count). The molecule has 3 nitrogen and oxygen atoms in total. The zero-order chi connectivity index (χ0) is 17.5. The van der Waals surface area contributed by atoms with Crippen LogP contribution >= 0.6 is 0 Å². The monoisotopic (exact) mass is 332 g/mol. The van der Waals surface area contributed by atoms with Gasteiger partial charge in [0, 0.05) is 6.42 Å². The third-order valence-corrected chi connectivity index (χ3v) is 3.97. The van der Waals surface area contributed by atoms with Crippen LogP contribution in [0.15, 0.2) is 30.3 Å². The van der Waals surface area contributed by atoms with Crippen LogP contribution in [0.5, 0.6) is 5.75 Å². The van der Waals surface area contributed by atoms with Gasteiger partial charge in [0.05, 0.1) is 6.61 Å². The molecule has 1 N–H and O–H groups in total. The molecule has 134 valence electrons. The van der Waals surface area contributed by atoms with E-state index in [0.717, 1.165) is 12.2 Å². The minimum atomic E-state index is -0.778. The van der Waals surface area contributed by atoms with Crippen molar-refractivity contribution in [3.05, 3.63) is 35.9 Å². The number of hydrogen-bond donors (Lipinski definition) is 1. The molecule has 0 heterocycles. The normalized spacial score (nSPS) is 11.0. The van der Waals surface area contributed by atoms with Crippen LogP contribution in [0.1, 0.15) is 76.7 Å². The molecule has 0 aliphatic rings. The Bertz CT molecular complexity index is 462. The van der Waals surface area contributed by atoms with E-state index in [-0.39, 0.29) is 6.42 Å². The Morgan fingerprint density at radius 3 is 2.33 bits per heavy atom. The molecule has 1 aromatic rings. The minimum Gasteiger partial charge on any atom is -0.494 e. The lowest BCUT2D eigenvalue weighted by molar-refractivity contribution is -0.137. The maximum absolute atomic E-state index is 10.4. The van der Waals surface area contributed by atoms with Crippen molar-refractivity contribution >= 4 is 12.0 Å². The van der Waals surface area contributed by atoms with Crippen molar-refractivity contribution < 1.29 is 14.6 Å². The number of carboxylic acids is 1. The van der Waals surface area contributed by atoms with Crippen LogP contribution in [-0.4, -0.2) is 17.7 Å². The summed E-state index contributed by atoms with van der Waals surface area (Å²) >= 11 is 0. The molecule has 0 unspecified atom stereocenters. The summed E-state index contributed by atoms with van der Waals surface area (Å²) in [6.45, 7) is 2.70. The molecule has 0 saturated carbocycles. The van der Waals surface area contributed by atoms with Crippen LogP contribution < -0.4 is 4.74 Å². The number of carbonyl (C=O) groups is 1. The fourth-order valence-corrected chi connectivity index (χ4v) is 2.53. The molecule has 1 aromatic carbocycles. The van der Waals surface area contributed by atoms with Crippen LogP contribution in [0, 0.1) is 0 Å². The van der Waals surface area contributed by atoms with Gasteiger partial charge in [-0.05, 0) is 37.0 Å². The number of hydrogen-bond acceptors (Lipinski definition) is 2. The van der Waals surface area contributed by atoms with Crippen LogP contribution in [-0.2, 0) is 4.79 Å². The Morgan fingerprint density at radius 2 is 1.67 bits per heavy atom. The van der Waals surface area contributed by atoms with Crippen LogP contribution in [0.25, 0.3) is 6.08 Å². The summed E-state index contributed by atoms with van der Waals surface area (Å²) in [5, 5.41) is 8.57. The highest BCUT2D eigenvalue weighted by molar-refractivity contribution is 5.66. The molecule has 0 atom stereocenters. The van der Waals surface area contributed by atoms with Crippen LogP contribution in [0.4, 0.5) is 0 Å². The first-order chi connectivity index (χ1) is 11.7. The average Bonchev–Trinajstić information content (AvgIpc) is 2.58. The Balaban J connectivity index is 2.11. The van der Waals surface area contributed by atoms with Gasteiger partial charge in [-0.15, -0.1) is 0 Å². The van der Waals surface area contributed by atoms with E-state index in [9.17, 15) is 4.79 Å². The van der Waals surface area contributed by atoms with Gasteiger partial charge in [-0.1, -0.05) is 69.7 Å². The molecule has 0 spiro atoms. The second-order valence-corrected chi connectivity index (χ2v) is 6.23. The first-order valence-corrected chi connectivity index (χ1v) is 9.33. The fraction of sp³-hybridized carbons (Fsp3) is 0.571. The summed E-state index contributed by atoms with van der Waals surface area (Å²) in [5.74, 6) is 0.0182. The average molecular weight is 332 g/mol. The van der Waals surface area contributed by atoms with Gasteiger partial charge in [0.15, 0.2) is 0 Å². The predicted molar refractivity (Wildman–Crippen MR) is 100 cm³/mol. The van der Waals surface area contributed by atoms with Crippen molar-refractivity contribution in [1.29, 1.82) is 0 Å². The smallest absolute Gasteiger partial charge is 0.303 e. The first-order valence-electron chi connectivity index (χ1n) is 9.33. The lowest BCUT2D eigenvalue weighted by atomic mass is 10.1. The molecule has 0 aliphatic heterocycles. The third-order valence-electron chi connectivity index (χ3n) is 3.97. The highest BCUT2D eigenvalue weighted by Gasteiger charge is 1.98. The summed E-state index contributed by atoms with van der Waals surface area (Å²) in [4.78, 5) is 10.4. The second-order valence-electron chi connectivity index (χ2n) is 6.23. The largest absolute Gasteiger partial charge is 0.494 e. The highest BCUT2D eigenvalue weighted by atomic mass is 16.5. The number of aliphatic carboxylic acids is 1. The molecule has 0 saturated heterocycles. The molecule has 0 aliphatic carbocycles. The van der Waals surface area contributed by atoms with Crippen molar-refractivity contribution in [2.75, 3.05) is 6.61 Å². The van der Waals surface area contributed by atoms with Crippen LogP contribution in [0.3, 0.4) is 0 Å². The molecule has 0 fully saturated rings. The Hall–Kier alpha value is -1.77. The van der Waals surface area contributed by atoms with E-state index in [0.29, 0.717) is 13.0 Å². The fourth-order valence-electron chi connectivity index (χ4n) is 2.53. The van der Waals surface area contributed by atoms with Gasteiger partial charge in [0.1, 0.15) is 5.75 Å². The van der Waals surface area contributed by atoms with Gasteiger partial charge >= 0.3 is 5.97 Å². The number of unbranched alkanes of at least 4 members (excludes halogenated alkanes) is 7. The lowest BCUT2D eigenvalue weighted by Gasteiger charge is -2.05. The number of allylic oxidation sites excluding steroid dienone is 1. The van der Waals surface area contributed by atoms with E-state index in [1.807, 2.05) is 24.3 Å².